The van der Waals surface area contributed by atoms with Crippen LogP contribution in [-0.4, -0.2) is 103 Å². The number of hydrogen-bond donors (Lipinski definition) is 3. The molecule has 15 nitrogen and oxygen atoms in total. The van der Waals surface area contributed by atoms with Crippen LogP contribution in [-0.2, 0) is 31.6 Å². The Morgan fingerprint density at radius 1 is 0.981 bits per heavy atom. The number of aromatic nitrogens is 2. The molecule has 2 atom stereocenters. The minimum Gasteiger partial charge on any atom is -0.506 e. The first-order chi connectivity index (χ1) is 25.9. The van der Waals surface area contributed by atoms with Crippen LogP contribution in [0.25, 0.3) is 21.8 Å². The zero-order chi connectivity index (χ0) is 37.9. The van der Waals surface area contributed by atoms with Crippen molar-refractivity contribution >= 4 is 55.4 Å². The third-order valence-corrected chi connectivity index (χ3v) is 12.7. The number of nitrogens with one attached hydrogen (secondary N) is 2. The molecule has 1 unspecified atom stereocenters. The van der Waals surface area contributed by atoms with E-state index in [1.165, 1.54) is 17.7 Å². The molecule has 4 aliphatic heterocycles. The van der Waals surface area contributed by atoms with Gasteiger partial charge in [0.15, 0.2) is 5.82 Å². The molecule has 286 valence electrons. The van der Waals surface area contributed by atoms with Crippen molar-refractivity contribution in [2.75, 3.05) is 56.7 Å². The summed E-state index contributed by atoms with van der Waals surface area (Å²) in [5.74, 6) is -1.61. The van der Waals surface area contributed by atoms with Crippen molar-refractivity contribution in [1.29, 1.82) is 0 Å². The number of ether oxygens (including phenoxy) is 1. The molecule has 1 aromatic heterocycles. The van der Waals surface area contributed by atoms with Crippen LogP contribution in [0.5, 0.6) is 11.5 Å². The Balaban J connectivity index is 0.842. The molecular formula is C37H42FN7O8S. The summed E-state index contributed by atoms with van der Waals surface area (Å²) in [6, 6.07) is 12.0. The molecule has 17 heteroatoms. The Labute approximate surface area is 310 Å². The second kappa shape index (κ2) is 13.9. The number of rotatable bonds is 8. The summed E-state index contributed by atoms with van der Waals surface area (Å²) in [6.45, 7) is 3.15. The number of piperidine rings is 2. The van der Waals surface area contributed by atoms with Gasteiger partial charge < -0.3 is 20.1 Å². The Morgan fingerprint density at radius 2 is 1.78 bits per heavy atom. The molecule has 4 saturated heterocycles. The number of likely N-dealkylation sites (tertiary alicyclic amines) is 2. The fourth-order valence-corrected chi connectivity index (χ4v) is 9.50. The van der Waals surface area contributed by atoms with E-state index in [4.69, 9.17) is 4.74 Å². The number of phenols is 1. The quantitative estimate of drug-likeness (QED) is 0.243. The highest BCUT2D eigenvalue weighted by atomic mass is 32.2. The minimum atomic E-state index is -4.33. The second-order valence-electron chi connectivity index (χ2n) is 14.8. The number of halogens is 1. The molecule has 8 rings (SSSR count). The summed E-state index contributed by atoms with van der Waals surface area (Å²) in [6.07, 6.45) is 3.60. The average Bonchev–Trinajstić information content (AvgIpc) is 3.81. The van der Waals surface area contributed by atoms with Gasteiger partial charge in [-0.3, -0.25) is 28.4 Å². The van der Waals surface area contributed by atoms with Crippen LogP contribution in [0.1, 0.15) is 49.6 Å². The van der Waals surface area contributed by atoms with Gasteiger partial charge in [0, 0.05) is 44.4 Å². The molecule has 0 bridgehead atoms. The van der Waals surface area contributed by atoms with E-state index in [1.807, 2.05) is 15.5 Å². The van der Waals surface area contributed by atoms with Gasteiger partial charge in [0.2, 0.25) is 11.8 Å². The zero-order valence-corrected chi connectivity index (χ0v) is 30.6. The average molecular weight is 764 g/mol. The molecule has 0 aliphatic carbocycles. The normalized spacial score (nSPS) is 22.3. The zero-order valence-electron chi connectivity index (χ0n) is 29.8. The molecule has 3 aromatic carbocycles. The van der Waals surface area contributed by atoms with Crippen LogP contribution in [0.4, 0.5) is 10.1 Å². The lowest BCUT2D eigenvalue weighted by atomic mass is 9.89. The van der Waals surface area contributed by atoms with Crippen molar-refractivity contribution in [2.45, 2.75) is 44.1 Å². The number of carbonyl (C=O) groups excluding carboxylic acids is 3. The summed E-state index contributed by atoms with van der Waals surface area (Å²) < 4.78 is 52.1. The van der Waals surface area contributed by atoms with Gasteiger partial charge in [-0.05, 0) is 86.0 Å². The number of amides is 3. The summed E-state index contributed by atoms with van der Waals surface area (Å²) in [5.41, 5.74) is 2.25. The van der Waals surface area contributed by atoms with Gasteiger partial charge in [0.25, 0.3) is 5.91 Å². The maximum Gasteiger partial charge on any atom is 0.329 e. The lowest BCUT2D eigenvalue weighted by Crippen LogP contribution is -2.42. The summed E-state index contributed by atoms with van der Waals surface area (Å²) in [4.78, 5) is 54.0. The predicted molar refractivity (Wildman–Crippen MR) is 197 cm³/mol. The van der Waals surface area contributed by atoms with Crippen LogP contribution in [0.2, 0.25) is 0 Å². The van der Waals surface area contributed by atoms with Crippen molar-refractivity contribution in [1.82, 2.24) is 29.0 Å². The van der Waals surface area contributed by atoms with Gasteiger partial charge >= 0.3 is 15.9 Å². The fraction of sp³-hybridized carbons (Fsp3) is 0.459. The third kappa shape index (κ3) is 6.63. The number of benzene rings is 3. The van der Waals surface area contributed by atoms with Crippen molar-refractivity contribution in [3.05, 3.63) is 64.3 Å². The fourth-order valence-electron chi connectivity index (χ4n) is 8.33. The van der Waals surface area contributed by atoms with Crippen LogP contribution < -0.4 is 24.8 Å². The molecule has 0 spiro atoms. The Hall–Kier alpha value is -5.16. The first-order valence-corrected chi connectivity index (χ1v) is 19.7. The van der Waals surface area contributed by atoms with Crippen LogP contribution in [0, 0.1) is 11.7 Å². The van der Waals surface area contributed by atoms with Crippen molar-refractivity contribution < 1.29 is 37.0 Å². The third-order valence-electron chi connectivity index (χ3n) is 11.3. The van der Waals surface area contributed by atoms with E-state index >= 15 is 4.39 Å². The minimum absolute atomic E-state index is 0.0180. The number of anilines is 1. The van der Waals surface area contributed by atoms with E-state index in [-0.39, 0.29) is 34.9 Å². The van der Waals surface area contributed by atoms with E-state index in [0.717, 1.165) is 43.4 Å². The molecular weight excluding hydrogens is 722 g/mol. The maximum atomic E-state index is 15.6. The van der Waals surface area contributed by atoms with Gasteiger partial charge in [-0.25, -0.2) is 18.2 Å². The van der Waals surface area contributed by atoms with Crippen molar-refractivity contribution in [3.63, 3.8) is 0 Å². The number of fused-ring (bicyclic) bond motifs is 2. The molecule has 3 amide bonds. The van der Waals surface area contributed by atoms with Gasteiger partial charge in [-0.2, -0.15) is 8.42 Å². The number of carbonyl (C=O) groups is 3. The van der Waals surface area contributed by atoms with Crippen molar-refractivity contribution in [2.24, 2.45) is 13.0 Å². The summed E-state index contributed by atoms with van der Waals surface area (Å²) in [7, 11) is -2.54. The lowest BCUT2D eigenvalue weighted by molar-refractivity contribution is -0.131. The number of aryl methyl sites for hydroxylation is 1. The smallest absolute Gasteiger partial charge is 0.329 e. The molecule has 0 radical (unpaired) electrons. The van der Waals surface area contributed by atoms with Crippen LogP contribution >= 0.6 is 0 Å². The molecule has 54 heavy (non-hydrogen) atoms. The highest BCUT2D eigenvalue weighted by Crippen LogP contribution is 2.39. The van der Waals surface area contributed by atoms with E-state index < -0.39 is 39.9 Å². The molecule has 4 aliphatic rings. The number of nitrogens with zero attached hydrogens (tertiary/aromatic N) is 5. The van der Waals surface area contributed by atoms with Gasteiger partial charge in [-0.1, -0.05) is 12.1 Å². The second-order valence-corrected chi connectivity index (χ2v) is 16.4. The van der Waals surface area contributed by atoms with E-state index in [9.17, 15) is 32.7 Å². The van der Waals surface area contributed by atoms with Gasteiger partial charge in [0.05, 0.1) is 30.2 Å². The highest BCUT2D eigenvalue weighted by molar-refractivity contribution is 7.92. The van der Waals surface area contributed by atoms with E-state index in [1.54, 1.807) is 28.5 Å². The Kier molecular flexibility index (Phi) is 9.24. The Bertz CT molecular complexity index is 2340. The largest absolute Gasteiger partial charge is 0.506 e. The van der Waals surface area contributed by atoms with Gasteiger partial charge in [0.1, 0.15) is 23.7 Å². The van der Waals surface area contributed by atoms with E-state index in [2.05, 4.69) is 22.3 Å². The lowest BCUT2D eigenvalue weighted by Gasteiger charge is -2.32. The van der Waals surface area contributed by atoms with Crippen LogP contribution in [0.15, 0.2) is 47.3 Å². The molecule has 4 aromatic rings. The number of aromatic hydroxyl groups is 1. The van der Waals surface area contributed by atoms with Crippen LogP contribution in [0.3, 0.4) is 0 Å². The van der Waals surface area contributed by atoms with Crippen molar-refractivity contribution in [3.8, 4) is 11.5 Å². The number of imidazole rings is 1. The first-order valence-electron chi connectivity index (χ1n) is 18.3. The topological polar surface area (TPSA) is 176 Å². The number of hydrogen-bond acceptors (Lipinski definition) is 9. The Morgan fingerprint density at radius 3 is 2.50 bits per heavy atom. The molecule has 5 heterocycles. The molecule has 0 saturated carbocycles. The van der Waals surface area contributed by atoms with E-state index in [0.29, 0.717) is 67.0 Å². The standard InChI is InChI=1S/C37H42FN7O8S/c1-41-30-14-24(3-6-29(30)45(37(41)50)26-4-7-32(47)39-17-26)23-9-11-42(12-10-23)20-34(49)43-13-8-22(18-43)21-53-27-5-2-25-15-31(46)36(35(38)28(25)16-27)44-19-33(48)40-54(44,51)52/h2-3,5-6,14-16,22-23,26,46H,4,7-13,17-21H2,1H3,(H,39,47)(H,40,48)/t22-,26?/m1/s1. The summed E-state index contributed by atoms with van der Waals surface area (Å²) in [5, 5.41) is 13.7. The monoisotopic (exact) mass is 763 g/mol. The number of phenolic OH excluding ortho intramolecular Hbond substituents is 1. The molecule has 4 fully saturated rings. The first kappa shape index (κ1) is 35.8. The summed E-state index contributed by atoms with van der Waals surface area (Å²) >= 11 is 0. The molecule has 3 N–H and O–H groups in total. The van der Waals surface area contributed by atoms with Gasteiger partial charge in [-0.15, -0.1) is 0 Å². The highest BCUT2D eigenvalue weighted by Gasteiger charge is 2.38. The maximum absolute atomic E-state index is 15.6. The SMILES string of the molecule is Cn1c(=O)n(C2CCC(=O)NC2)c2ccc(C3CCN(CC(=O)N4CC[C@@H](COc5ccc6cc(O)c(N7CC(=O)NS7(=O)=O)c(F)c6c5)C4)CC3)cc21. The predicted octanol–water partition coefficient (Wildman–Crippen LogP) is 2.08.